The molecule has 1 spiro atoms. The van der Waals surface area contributed by atoms with Gasteiger partial charge in [0.25, 0.3) is 0 Å². The Labute approximate surface area is 185 Å². The first kappa shape index (κ1) is 18.6. The van der Waals surface area contributed by atoms with Crippen molar-refractivity contribution in [3.8, 4) is 0 Å². The van der Waals surface area contributed by atoms with Crippen LogP contribution in [0.1, 0.15) is 50.1 Å². The Morgan fingerprint density at radius 2 is 1.03 bits per heavy atom. The van der Waals surface area contributed by atoms with E-state index in [0.29, 0.717) is 0 Å². The summed E-state index contributed by atoms with van der Waals surface area (Å²) in [5.74, 6) is 0. The molecule has 0 aromatic heterocycles. The van der Waals surface area contributed by atoms with E-state index in [0.717, 1.165) is 19.4 Å². The van der Waals surface area contributed by atoms with E-state index in [9.17, 15) is 0 Å². The summed E-state index contributed by atoms with van der Waals surface area (Å²) in [4.78, 5) is 2.30. The highest BCUT2D eigenvalue weighted by molar-refractivity contribution is 5.72. The predicted octanol–water partition coefficient (Wildman–Crippen LogP) is 5.94. The molecule has 0 unspecified atom stereocenters. The van der Waals surface area contributed by atoms with Crippen LogP contribution in [-0.2, 0) is 24.8 Å². The van der Waals surface area contributed by atoms with Crippen LogP contribution in [-0.4, -0.2) is 19.0 Å². The minimum Gasteiger partial charge on any atom is -0.305 e. The molecule has 0 aliphatic heterocycles. The molecule has 0 heterocycles. The van der Waals surface area contributed by atoms with Crippen LogP contribution in [0.3, 0.4) is 0 Å². The molecule has 4 aromatic rings. The smallest absolute Gasteiger partial charge is 0.0715 e. The van der Waals surface area contributed by atoms with Gasteiger partial charge in [0.2, 0.25) is 0 Å². The number of fused-ring (bicyclic) bond motifs is 8. The third kappa shape index (κ3) is 2.60. The van der Waals surface area contributed by atoms with Crippen LogP contribution in [0.4, 0.5) is 0 Å². The standard InChI is InChI=1S/C30H27N/c1-31(2)20-25-14-9-13-24-19-23-12-5-8-17-28(23)30(29(24)25)26-15-6-3-10-21(26)18-22-11-4-7-16-27(22)30/h3-17H,18-20H2,1-2H3. The molecule has 4 aromatic carbocycles. The molecule has 0 atom stereocenters. The third-order valence-corrected chi connectivity index (χ3v) is 7.12. The zero-order valence-corrected chi connectivity index (χ0v) is 18.2. The van der Waals surface area contributed by atoms with Crippen LogP contribution in [0.2, 0.25) is 0 Å². The van der Waals surface area contributed by atoms with Crippen molar-refractivity contribution in [2.45, 2.75) is 24.8 Å². The maximum atomic E-state index is 2.38. The second kappa shape index (κ2) is 6.93. The summed E-state index contributed by atoms with van der Waals surface area (Å²) in [6.07, 6.45) is 2.00. The van der Waals surface area contributed by atoms with Crippen molar-refractivity contribution < 1.29 is 0 Å². The van der Waals surface area contributed by atoms with Gasteiger partial charge >= 0.3 is 0 Å². The zero-order chi connectivity index (χ0) is 21.0. The SMILES string of the molecule is CN(C)Cc1cccc2c1C1(c3ccccc3Cc3ccccc31)c1ccccc1C2. The molecule has 0 bridgehead atoms. The van der Waals surface area contributed by atoms with Crippen molar-refractivity contribution >= 4 is 0 Å². The van der Waals surface area contributed by atoms with Gasteiger partial charge in [0.05, 0.1) is 5.41 Å². The van der Waals surface area contributed by atoms with E-state index < -0.39 is 0 Å². The molecule has 1 heteroatoms. The molecule has 0 radical (unpaired) electrons. The molecule has 2 aliphatic carbocycles. The van der Waals surface area contributed by atoms with Crippen LogP contribution in [0.15, 0.2) is 91.0 Å². The summed E-state index contributed by atoms with van der Waals surface area (Å²) in [5, 5.41) is 0. The highest BCUT2D eigenvalue weighted by Gasteiger charge is 2.48. The molecule has 0 fully saturated rings. The number of rotatable bonds is 2. The molecule has 2 aliphatic rings. The largest absolute Gasteiger partial charge is 0.305 e. The lowest BCUT2D eigenvalue weighted by Crippen LogP contribution is -2.41. The molecule has 0 amide bonds. The lowest BCUT2D eigenvalue weighted by atomic mass is 9.55. The minimum absolute atomic E-state index is 0.262. The summed E-state index contributed by atoms with van der Waals surface area (Å²) in [6, 6.07) is 34.3. The molecular formula is C30H27N. The third-order valence-electron chi connectivity index (χ3n) is 7.12. The predicted molar refractivity (Wildman–Crippen MR) is 128 cm³/mol. The first-order valence-corrected chi connectivity index (χ1v) is 11.2. The fourth-order valence-corrected chi connectivity index (χ4v) is 6.13. The van der Waals surface area contributed by atoms with Gasteiger partial charge in [-0.2, -0.15) is 0 Å². The topological polar surface area (TPSA) is 3.24 Å². The normalized spacial score (nSPS) is 15.2. The van der Waals surface area contributed by atoms with Crippen molar-refractivity contribution in [2.24, 2.45) is 0 Å². The Bertz CT molecular complexity index is 1190. The number of hydrogen-bond acceptors (Lipinski definition) is 1. The van der Waals surface area contributed by atoms with E-state index in [1.807, 2.05) is 0 Å². The minimum atomic E-state index is -0.262. The number of nitrogens with zero attached hydrogens (tertiary/aromatic N) is 1. The molecular weight excluding hydrogens is 374 g/mol. The molecule has 0 saturated heterocycles. The van der Waals surface area contributed by atoms with E-state index in [1.54, 1.807) is 0 Å². The van der Waals surface area contributed by atoms with E-state index >= 15 is 0 Å². The zero-order valence-electron chi connectivity index (χ0n) is 18.2. The maximum absolute atomic E-state index is 2.38. The Balaban J connectivity index is 1.82. The Kier molecular flexibility index (Phi) is 4.16. The quantitative estimate of drug-likeness (QED) is 0.347. The Morgan fingerprint density at radius 3 is 1.55 bits per heavy atom. The number of benzene rings is 4. The van der Waals surface area contributed by atoms with Gasteiger partial charge in [-0.25, -0.2) is 0 Å². The molecule has 1 nitrogen and oxygen atoms in total. The highest BCUT2D eigenvalue weighted by Crippen LogP contribution is 2.55. The lowest BCUT2D eigenvalue weighted by molar-refractivity contribution is 0.398. The second-order valence-corrected chi connectivity index (χ2v) is 9.26. The van der Waals surface area contributed by atoms with Crippen molar-refractivity contribution in [3.63, 3.8) is 0 Å². The molecule has 0 saturated carbocycles. The molecule has 6 rings (SSSR count). The first-order valence-electron chi connectivity index (χ1n) is 11.2. The van der Waals surface area contributed by atoms with Crippen molar-refractivity contribution in [1.82, 2.24) is 4.90 Å². The van der Waals surface area contributed by atoms with Gasteiger partial charge in [0, 0.05) is 6.54 Å². The van der Waals surface area contributed by atoms with E-state index in [2.05, 4.69) is 110 Å². The molecule has 152 valence electrons. The summed E-state index contributed by atoms with van der Waals surface area (Å²) in [7, 11) is 4.34. The van der Waals surface area contributed by atoms with Crippen molar-refractivity contribution in [3.05, 3.63) is 141 Å². The van der Waals surface area contributed by atoms with Crippen molar-refractivity contribution in [2.75, 3.05) is 14.1 Å². The number of hydrogen-bond donors (Lipinski definition) is 0. The first-order chi connectivity index (χ1) is 15.2. The lowest BCUT2D eigenvalue weighted by Gasteiger charge is -2.47. The van der Waals surface area contributed by atoms with Gasteiger partial charge < -0.3 is 4.90 Å². The van der Waals surface area contributed by atoms with Crippen LogP contribution < -0.4 is 0 Å². The van der Waals surface area contributed by atoms with E-state index in [-0.39, 0.29) is 5.41 Å². The fourth-order valence-electron chi connectivity index (χ4n) is 6.13. The molecule has 0 N–H and O–H groups in total. The summed E-state index contributed by atoms with van der Waals surface area (Å²) < 4.78 is 0. The highest BCUT2D eigenvalue weighted by atomic mass is 15.0. The van der Waals surface area contributed by atoms with Gasteiger partial charge in [0.15, 0.2) is 0 Å². The summed E-state index contributed by atoms with van der Waals surface area (Å²) in [6.45, 7) is 0.942. The molecule has 31 heavy (non-hydrogen) atoms. The van der Waals surface area contributed by atoms with Crippen LogP contribution in [0.5, 0.6) is 0 Å². The van der Waals surface area contributed by atoms with Crippen LogP contribution in [0.25, 0.3) is 0 Å². The average molecular weight is 402 g/mol. The maximum Gasteiger partial charge on any atom is 0.0715 e. The van der Waals surface area contributed by atoms with Gasteiger partial charge in [-0.05, 0) is 77.0 Å². The van der Waals surface area contributed by atoms with Crippen molar-refractivity contribution in [1.29, 1.82) is 0 Å². The van der Waals surface area contributed by atoms with E-state index in [4.69, 9.17) is 0 Å². The van der Waals surface area contributed by atoms with Gasteiger partial charge in [-0.3, -0.25) is 0 Å². The van der Waals surface area contributed by atoms with Gasteiger partial charge in [-0.1, -0.05) is 91.0 Å². The van der Waals surface area contributed by atoms with Gasteiger partial charge in [0.1, 0.15) is 0 Å². The summed E-state index contributed by atoms with van der Waals surface area (Å²) in [5.41, 5.74) is 12.8. The summed E-state index contributed by atoms with van der Waals surface area (Å²) >= 11 is 0. The van der Waals surface area contributed by atoms with Crippen LogP contribution >= 0.6 is 0 Å². The van der Waals surface area contributed by atoms with Gasteiger partial charge in [-0.15, -0.1) is 0 Å². The average Bonchev–Trinajstić information content (AvgIpc) is 2.79. The Hall–Kier alpha value is -3.16. The fraction of sp³-hybridized carbons (Fsp3) is 0.200. The Morgan fingerprint density at radius 1 is 0.581 bits per heavy atom. The van der Waals surface area contributed by atoms with Crippen LogP contribution in [0, 0.1) is 0 Å². The monoisotopic (exact) mass is 401 g/mol. The van der Waals surface area contributed by atoms with E-state index in [1.165, 1.54) is 50.1 Å². The second-order valence-electron chi connectivity index (χ2n) is 9.26.